The molecule has 2 fully saturated rings. The fourth-order valence-electron chi connectivity index (χ4n) is 3.70. The van der Waals surface area contributed by atoms with Crippen LogP contribution in [-0.4, -0.2) is 52.5 Å². The van der Waals surface area contributed by atoms with Crippen LogP contribution in [0.25, 0.3) is 0 Å². The van der Waals surface area contributed by atoms with Crippen LogP contribution < -0.4 is 4.74 Å². The number of ether oxygens (including phenoxy) is 2. The largest absolute Gasteiger partial charge is 0.490 e. The van der Waals surface area contributed by atoms with Crippen molar-refractivity contribution in [3.8, 4) is 5.75 Å². The van der Waals surface area contributed by atoms with Gasteiger partial charge in [-0.05, 0) is 45.4 Å². The number of nitrogens with zero attached hydrogens (tertiary/aromatic N) is 2. The molecule has 0 aromatic heterocycles. The van der Waals surface area contributed by atoms with E-state index in [0.29, 0.717) is 36.7 Å². The van der Waals surface area contributed by atoms with Crippen LogP contribution in [-0.2, 0) is 20.9 Å². The first-order valence-corrected chi connectivity index (χ1v) is 10.7. The number of carbonyl (C=O) groups is 3. The Hall–Kier alpha value is -2.28. The summed E-state index contributed by atoms with van der Waals surface area (Å²) in [7, 11) is 0. The SMILES string of the molecule is Cc1cc(Cl)cc(CN2C(=O)CCC2=O)c1OC1CCN(C(=O)OC(C)(C)C)CC1. The minimum absolute atomic E-state index is 0.0766. The molecular weight excluding hydrogens is 408 g/mol. The Morgan fingerprint density at radius 3 is 2.30 bits per heavy atom. The minimum atomic E-state index is -0.524. The monoisotopic (exact) mass is 436 g/mol. The van der Waals surface area contributed by atoms with E-state index in [4.69, 9.17) is 21.1 Å². The van der Waals surface area contributed by atoms with Crippen molar-refractivity contribution in [1.82, 2.24) is 9.80 Å². The van der Waals surface area contributed by atoms with Gasteiger partial charge in [0.15, 0.2) is 0 Å². The van der Waals surface area contributed by atoms with Crippen LogP contribution in [0.2, 0.25) is 5.02 Å². The molecule has 0 unspecified atom stereocenters. The second-order valence-electron chi connectivity index (χ2n) is 8.87. The fourth-order valence-corrected chi connectivity index (χ4v) is 4.00. The number of aryl methyl sites for hydroxylation is 1. The molecule has 1 aromatic carbocycles. The number of rotatable bonds is 4. The predicted octanol–water partition coefficient (Wildman–Crippen LogP) is 4.08. The number of carbonyl (C=O) groups excluding carboxylic acids is 3. The third kappa shape index (κ3) is 5.45. The second-order valence-corrected chi connectivity index (χ2v) is 9.31. The summed E-state index contributed by atoms with van der Waals surface area (Å²) >= 11 is 6.23. The summed E-state index contributed by atoms with van der Waals surface area (Å²) in [5, 5.41) is 0.536. The molecule has 3 rings (SSSR count). The summed E-state index contributed by atoms with van der Waals surface area (Å²) in [6, 6.07) is 3.56. The zero-order chi connectivity index (χ0) is 22.1. The van der Waals surface area contributed by atoms with E-state index in [-0.39, 0.29) is 43.4 Å². The molecule has 0 atom stereocenters. The molecule has 8 heteroatoms. The summed E-state index contributed by atoms with van der Waals surface area (Å²) in [6.45, 7) is 8.69. The van der Waals surface area contributed by atoms with Gasteiger partial charge in [-0.2, -0.15) is 0 Å². The highest BCUT2D eigenvalue weighted by atomic mass is 35.5. The first-order valence-electron chi connectivity index (χ1n) is 10.3. The van der Waals surface area contributed by atoms with Crippen molar-refractivity contribution in [3.05, 3.63) is 28.3 Å². The van der Waals surface area contributed by atoms with Crippen molar-refractivity contribution in [1.29, 1.82) is 0 Å². The number of piperidine rings is 1. The second kappa shape index (κ2) is 8.84. The van der Waals surface area contributed by atoms with Crippen LogP contribution in [0.3, 0.4) is 0 Å². The molecule has 0 aliphatic carbocycles. The summed E-state index contributed by atoms with van der Waals surface area (Å²) in [6.07, 6.45) is 1.45. The maximum absolute atomic E-state index is 12.3. The number of amides is 3. The van der Waals surface area contributed by atoms with Gasteiger partial charge in [0.25, 0.3) is 0 Å². The maximum Gasteiger partial charge on any atom is 0.410 e. The van der Waals surface area contributed by atoms with Crippen molar-refractivity contribution in [3.63, 3.8) is 0 Å². The lowest BCUT2D eigenvalue weighted by molar-refractivity contribution is -0.139. The summed E-state index contributed by atoms with van der Waals surface area (Å²) in [4.78, 5) is 39.3. The highest BCUT2D eigenvalue weighted by molar-refractivity contribution is 6.30. The Morgan fingerprint density at radius 2 is 1.73 bits per heavy atom. The third-order valence-corrected chi connectivity index (χ3v) is 5.40. The van der Waals surface area contributed by atoms with Crippen LogP contribution in [0.15, 0.2) is 12.1 Å². The van der Waals surface area contributed by atoms with Crippen LogP contribution in [0, 0.1) is 6.92 Å². The van der Waals surface area contributed by atoms with Crippen molar-refractivity contribution in [2.24, 2.45) is 0 Å². The maximum atomic E-state index is 12.3. The molecular formula is C22H29ClN2O5. The molecule has 0 radical (unpaired) electrons. The zero-order valence-electron chi connectivity index (χ0n) is 18.0. The molecule has 2 heterocycles. The Kier molecular flexibility index (Phi) is 6.60. The molecule has 0 spiro atoms. The van der Waals surface area contributed by atoms with E-state index in [9.17, 15) is 14.4 Å². The minimum Gasteiger partial charge on any atom is -0.490 e. The van der Waals surface area contributed by atoms with E-state index in [1.807, 2.05) is 33.8 Å². The Morgan fingerprint density at radius 1 is 1.13 bits per heavy atom. The van der Waals surface area contributed by atoms with Gasteiger partial charge in [-0.1, -0.05) is 11.6 Å². The lowest BCUT2D eigenvalue weighted by Crippen LogP contribution is -2.44. The van der Waals surface area contributed by atoms with Crippen LogP contribution in [0.4, 0.5) is 4.79 Å². The summed E-state index contributed by atoms with van der Waals surface area (Å²) in [5.41, 5.74) is 1.05. The topological polar surface area (TPSA) is 76.2 Å². The number of imide groups is 1. The average Bonchev–Trinajstić information content (AvgIpc) is 2.95. The Labute approximate surface area is 182 Å². The van der Waals surface area contributed by atoms with Crippen LogP contribution in [0.1, 0.15) is 57.6 Å². The van der Waals surface area contributed by atoms with Crippen molar-refractivity contribution in [2.45, 2.75) is 71.6 Å². The van der Waals surface area contributed by atoms with Crippen molar-refractivity contribution in [2.75, 3.05) is 13.1 Å². The zero-order valence-corrected chi connectivity index (χ0v) is 18.8. The lowest BCUT2D eigenvalue weighted by atomic mass is 10.1. The molecule has 0 bridgehead atoms. The average molecular weight is 437 g/mol. The van der Waals surface area contributed by atoms with Gasteiger partial charge in [0.2, 0.25) is 11.8 Å². The van der Waals surface area contributed by atoms with E-state index in [1.54, 1.807) is 11.0 Å². The van der Waals surface area contributed by atoms with Gasteiger partial charge in [-0.3, -0.25) is 14.5 Å². The first kappa shape index (κ1) is 22.4. The van der Waals surface area contributed by atoms with E-state index < -0.39 is 5.60 Å². The summed E-state index contributed by atoms with van der Waals surface area (Å²) in [5.74, 6) is 0.311. The molecule has 0 saturated carbocycles. The quantitative estimate of drug-likeness (QED) is 0.665. The van der Waals surface area contributed by atoms with Gasteiger partial charge in [0.1, 0.15) is 17.5 Å². The van der Waals surface area contributed by atoms with Gasteiger partial charge in [-0.25, -0.2) is 4.79 Å². The molecule has 7 nitrogen and oxygen atoms in total. The number of hydrogen-bond acceptors (Lipinski definition) is 5. The molecule has 1 aromatic rings. The van der Waals surface area contributed by atoms with E-state index in [0.717, 1.165) is 11.1 Å². The lowest BCUT2D eigenvalue weighted by Gasteiger charge is -2.34. The van der Waals surface area contributed by atoms with Gasteiger partial charge >= 0.3 is 6.09 Å². The molecule has 2 aliphatic heterocycles. The smallest absolute Gasteiger partial charge is 0.410 e. The molecule has 3 amide bonds. The molecule has 30 heavy (non-hydrogen) atoms. The van der Waals surface area contributed by atoms with Crippen molar-refractivity contribution >= 4 is 29.5 Å². The number of halogens is 1. The third-order valence-electron chi connectivity index (χ3n) is 5.18. The van der Waals surface area contributed by atoms with E-state index in [2.05, 4.69) is 0 Å². The summed E-state index contributed by atoms with van der Waals surface area (Å²) < 4.78 is 11.7. The number of hydrogen-bond donors (Lipinski definition) is 0. The number of benzene rings is 1. The molecule has 164 valence electrons. The molecule has 2 aliphatic rings. The normalized spacial score (nSPS) is 18.2. The predicted molar refractivity (Wildman–Crippen MR) is 112 cm³/mol. The highest BCUT2D eigenvalue weighted by Crippen LogP contribution is 2.32. The Balaban J connectivity index is 1.68. The Bertz CT molecular complexity index is 825. The first-order chi connectivity index (χ1) is 14.0. The van der Waals surface area contributed by atoms with Gasteiger partial charge in [0, 0.05) is 49.4 Å². The van der Waals surface area contributed by atoms with Gasteiger partial charge in [0.05, 0.1) is 6.54 Å². The highest BCUT2D eigenvalue weighted by Gasteiger charge is 2.31. The number of likely N-dealkylation sites (tertiary alicyclic amines) is 2. The van der Waals surface area contributed by atoms with Crippen LogP contribution >= 0.6 is 11.6 Å². The standard InChI is InChI=1S/C22H29ClN2O5/c1-14-11-16(23)12-15(13-25-18(26)5-6-19(25)27)20(14)29-17-7-9-24(10-8-17)21(28)30-22(2,3)4/h11-12,17H,5-10,13H2,1-4H3. The molecule has 2 saturated heterocycles. The van der Waals surface area contributed by atoms with Crippen molar-refractivity contribution < 1.29 is 23.9 Å². The molecule has 0 N–H and O–H groups in total. The van der Waals surface area contributed by atoms with Gasteiger partial charge < -0.3 is 14.4 Å². The van der Waals surface area contributed by atoms with Gasteiger partial charge in [-0.15, -0.1) is 0 Å². The van der Waals surface area contributed by atoms with E-state index >= 15 is 0 Å². The van der Waals surface area contributed by atoms with Crippen LogP contribution in [0.5, 0.6) is 5.75 Å². The van der Waals surface area contributed by atoms with E-state index in [1.165, 1.54) is 4.90 Å². The fraction of sp³-hybridized carbons (Fsp3) is 0.591.